The van der Waals surface area contributed by atoms with Crippen LogP contribution in [0.25, 0.3) is 11.4 Å². The molecule has 1 atom stereocenters. The molecule has 1 aliphatic rings. The maximum Gasteiger partial charge on any atom is 0.233 e. The topological polar surface area (TPSA) is 60.2 Å². The Morgan fingerprint density at radius 3 is 2.94 bits per heavy atom. The Hall–Kier alpha value is -1.87. The highest BCUT2D eigenvalue weighted by atomic mass is 35.5. The smallest absolute Gasteiger partial charge is 0.233 e. The largest absolute Gasteiger partial charge is 0.385 e. The monoisotopic (exact) mass is 490 g/mol. The molecule has 1 unspecified atom stereocenters. The Morgan fingerprint density at radius 2 is 2.16 bits per heavy atom. The number of thioether (sulfide) groups is 1. The molecule has 32 heavy (non-hydrogen) atoms. The number of rotatable bonds is 9. The lowest BCUT2D eigenvalue weighted by molar-refractivity contribution is -0.131. The first kappa shape index (κ1) is 23.3. The van der Waals surface area contributed by atoms with Crippen LogP contribution < -0.4 is 0 Å². The summed E-state index contributed by atoms with van der Waals surface area (Å²) in [5.41, 5.74) is 2.15. The van der Waals surface area contributed by atoms with Crippen molar-refractivity contribution in [3.05, 3.63) is 51.2 Å². The molecular weight excluding hydrogens is 464 g/mol. The van der Waals surface area contributed by atoms with Gasteiger partial charge in [-0.05, 0) is 48.4 Å². The quantitative estimate of drug-likeness (QED) is 0.300. The van der Waals surface area contributed by atoms with Gasteiger partial charge >= 0.3 is 0 Å². The van der Waals surface area contributed by atoms with Crippen molar-refractivity contribution >= 4 is 40.6 Å². The van der Waals surface area contributed by atoms with Gasteiger partial charge in [0, 0.05) is 37.2 Å². The lowest BCUT2D eigenvalue weighted by atomic mass is 9.98. The van der Waals surface area contributed by atoms with Crippen LogP contribution in [-0.2, 0) is 22.5 Å². The van der Waals surface area contributed by atoms with Gasteiger partial charge in [0.05, 0.1) is 16.8 Å². The van der Waals surface area contributed by atoms with Crippen molar-refractivity contribution < 1.29 is 9.53 Å². The van der Waals surface area contributed by atoms with E-state index in [0.717, 1.165) is 36.5 Å². The molecule has 0 N–H and O–H groups in total. The van der Waals surface area contributed by atoms with Crippen LogP contribution in [0.5, 0.6) is 0 Å². The second-order valence-electron chi connectivity index (χ2n) is 7.63. The van der Waals surface area contributed by atoms with E-state index in [0.29, 0.717) is 29.8 Å². The second-order valence-corrected chi connectivity index (χ2v) is 9.98. The highest BCUT2D eigenvalue weighted by molar-refractivity contribution is 7.99. The first-order valence-electron chi connectivity index (χ1n) is 10.8. The lowest BCUT2D eigenvalue weighted by Gasteiger charge is -2.35. The van der Waals surface area contributed by atoms with Gasteiger partial charge in [0.2, 0.25) is 5.91 Å². The molecule has 0 spiro atoms. The van der Waals surface area contributed by atoms with Crippen LogP contribution >= 0.6 is 34.7 Å². The molecule has 0 radical (unpaired) electrons. The van der Waals surface area contributed by atoms with Crippen molar-refractivity contribution in [2.24, 2.45) is 0 Å². The summed E-state index contributed by atoms with van der Waals surface area (Å²) in [7, 11) is 1.69. The number of ether oxygens (including phenoxy) is 1. The van der Waals surface area contributed by atoms with Crippen molar-refractivity contribution in [1.29, 1.82) is 0 Å². The lowest BCUT2D eigenvalue weighted by Crippen LogP contribution is -2.40. The highest BCUT2D eigenvalue weighted by Gasteiger charge is 2.30. The molecule has 0 saturated heterocycles. The summed E-state index contributed by atoms with van der Waals surface area (Å²) in [6.45, 7) is 4.25. The van der Waals surface area contributed by atoms with Crippen LogP contribution in [0.4, 0.5) is 0 Å². The molecule has 0 saturated carbocycles. The van der Waals surface area contributed by atoms with Crippen molar-refractivity contribution in [3.8, 4) is 11.4 Å². The molecule has 0 fully saturated rings. The minimum atomic E-state index is 0.143. The van der Waals surface area contributed by atoms with Gasteiger partial charge in [0.25, 0.3) is 0 Å². The van der Waals surface area contributed by atoms with E-state index in [2.05, 4.69) is 28.6 Å². The van der Waals surface area contributed by atoms with Crippen LogP contribution in [0.1, 0.15) is 36.2 Å². The predicted octanol–water partition coefficient (Wildman–Crippen LogP) is 5.32. The maximum atomic E-state index is 13.2. The fourth-order valence-corrected chi connectivity index (χ4v) is 6.15. The number of benzene rings is 1. The molecule has 2 aromatic heterocycles. The average Bonchev–Trinajstić information content (AvgIpc) is 3.44. The van der Waals surface area contributed by atoms with Crippen LogP contribution in [0, 0.1) is 0 Å². The third-order valence-electron chi connectivity index (χ3n) is 5.69. The zero-order chi connectivity index (χ0) is 22.5. The number of carbonyl (C=O) groups is 1. The summed E-state index contributed by atoms with van der Waals surface area (Å²) in [6, 6.07) is 9.96. The standard InChI is InChI=1S/C23H27ClN4O2S2/c1-3-19-17-10-14-31-20(17)9-12-27(19)21(29)15-32-23-26-25-22(28(23)11-6-13-30-2)16-7-4-5-8-18(16)24/h4-5,7-8,10,14,19H,3,6,9,11-13,15H2,1-2H3. The normalized spacial score (nSPS) is 15.7. The molecule has 3 heterocycles. The van der Waals surface area contributed by atoms with E-state index in [1.807, 2.05) is 33.7 Å². The Balaban J connectivity index is 1.51. The number of thiophene rings is 1. The Morgan fingerprint density at radius 1 is 1.31 bits per heavy atom. The Kier molecular flexibility index (Phi) is 7.88. The molecule has 9 heteroatoms. The van der Waals surface area contributed by atoms with Gasteiger partial charge in [-0.1, -0.05) is 42.4 Å². The fraction of sp³-hybridized carbons (Fsp3) is 0.435. The molecule has 4 rings (SSSR count). The average molecular weight is 491 g/mol. The summed E-state index contributed by atoms with van der Waals surface area (Å²) in [5, 5.41) is 12.3. The number of nitrogens with zero attached hydrogens (tertiary/aromatic N) is 4. The third kappa shape index (κ3) is 4.88. The fourth-order valence-electron chi connectivity index (χ4n) is 4.15. The van der Waals surface area contributed by atoms with Crippen molar-refractivity contribution in [1.82, 2.24) is 19.7 Å². The number of hydrogen-bond acceptors (Lipinski definition) is 6. The zero-order valence-corrected chi connectivity index (χ0v) is 20.7. The number of aromatic nitrogens is 3. The van der Waals surface area contributed by atoms with Crippen molar-refractivity contribution in [2.75, 3.05) is 26.0 Å². The minimum absolute atomic E-state index is 0.143. The zero-order valence-electron chi connectivity index (χ0n) is 18.3. The number of methoxy groups -OCH3 is 1. The van der Waals surface area contributed by atoms with Crippen LogP contribution in [0.2, 0.25) is 5.02 Å². The van der Waals surface area contributed by atoms with Crippen LogP contribution in [-0.4, -0.2) is 51.6 Å². The first-order chi connectivity index (χ1) is 15.6. The predicted molar refractivity (Wildman–Crippen MR) is 130 cm³/mol. The summed E-state index contributed by atoms with van der Waals surface area (Å²) < 4.78 is 7.27. The van der Waals surface area contributed by atoms with Crippen LogP contribution in [0.3, 0.4) is 0 Å². The summed E-state index contributed by atoms with van der Waals surface area (Å²) in [6.07, 6.45) is 2.67. The number of fused-ring (bicyclic) bond motifs is 1. The van der Waals surface area contributed by atoms with Gasteiger partial charge in [-0.2, -0.15) is 0 Å². The molecule has 1 aromatic carbocycles. The van der Waals surface area contributed by atoms with Crippen molar-refractivity contribution in [3.63, 3.8) is 0 Å². The minimum Gasteiger partial charge on any atom is -0.385 e. The van der Waals surface area contributed by atoms with Gasteiger partial charge < -0.3 is 14.2 Å². The van der Waals surface area contributed by atoms with Gasteiger partial charge in [-0.3, -0.25) is 4.79 Å². The molecule has 3 aromatic rings. The maximum absolute atomic E-state index is 13.2. The molecule has 0 aliphatic carbocycles. The molecule has 1 amide bonds. The second kappa shape index (κ2) is 10.8. The van der Waals surface area contributed by atoms with Gasteiger partial charge in [-0.25, -0.2) is 0 Å². The van der Waals surface area contributed by atoms with Crippen LogP contribution in [0.15, 0.2) is 40.9 Å². The molecule has 6 nitrogen and oxygen atoms in total. The van der Waals surface area contributed by atoms with E-state index in [1.165, 1.54) is 22.2 Å². The molecule has 0 bridgehead atoms. The number of halogens is 1. The van der Waals surface area contributed by atoms with Gasteiger partial charge in [0.15, 0.2) is 11.0 Å². The van der Waals surface area contributed by atoms with Gasteiger partial charge in [0.1, 0.15) is 0 Å². The molecule has 1 aliphatic heterocycles. The van der Waals surface area contributed by atoms with E-state index in [-0.39, 0.29) is 11.9 Å². The summed E-state index contributed by atoms with van der Waals surface area (Å²) >= 11 is 9.66. The van der Waals surface area contributed by atoms with E-state index in [9.17, 15) is 4.79 Å². The molecule has 170 valence electrons. The summed E-state index contributed by atoms with van der Waals surface area (Å²) in [4.78, 5) is 16.6. The Bertz CT molecular complexity index is 1070. The number of hydrogen-bond donors (Lipinski definition) is 0. The summed E-state index contributed by atoms with van der Waals surface area (Å²) in [5.74, 6) is 1.19. The third-order valence-corrected chi connectivity index (χ3v) is 7.97. The van der Waals surface area contributed by atoms with E-state index < -0.39 is 0 Å². The van der Waals surface area contributed by atoms with E-state index >= 15 is 0 Å². The first-order valence-corrected chi connectivity index (χ1v) is 13.0. The highest BCUT2D eigenvalue weighted by Crippen LogP contribution is 2.36. The van der Waals surface area contributed by atoms with E-state index in [4.69, 9.17) is 16.3 Å². The molecular formula is C23H27ClN4O2S2. The number of carbonyl (C=O) groups excluding carboxylic acids is 1. The number of amides is 1. The van der Waals surface area contributed by atoms with Crippen molar-refractivity contribution in [2.45, 2.75) is 43.9 Å². The van der Waals surface area contributed by atoms with Gasteiger partial charge in [-0.15, -0.1) is 21.5 Å². The Labute approximate surface area is 201 Å². The van der Waals surface area contributed by atoms with E-state index in [1.54, 1.807) is 18.4 Å². The SMILES string of the molecule is CCC1c2ccsc2CCN1C(=O)CSc1nnc(-c2ccccc2Cl)n1CCCOC.